The Morgan fingerprint density at radius 3 is 2.80 bits per heavy atom. The predicted octanol–water partition coefficient (Wildman–Crippen LogP) is 2.48. The summed E-state index contributed by atoms with van der Waals surface area (Å²) >= 11 is 0. The fourth-order valence-corrected chi connectivity index (χ4v) is 5.95. The van der Waals surface area contributed by atoms with E-state index in [-0.39, 0.29) is 6.10 Å². The Labute approximate surface area is 149 Å². The van der Waals surface area contributed by atoms with E-state index in [1.54, 1.807) is 14.2 Å². The van der Waals surface area contributed by atoms with Crippen LogP contribution in [-0.4, -0.2) is 63.4 Å². The molecule has 0 radical (unpaired) electrons. The van der Waals surface area contributed by atoms with Crippen molar-refractivity contribution in [1.82, 2.24) is 4.90 Å². The van der Waals surface area contributed by atoms with Gasteiger partial charge in [0.05, 0.1) is 19.3 Å². The molecule has 2 aliphatic carbocycles. The molecular weight excluding hydrogens is 318 g/mol. The SMILES string of the molecule is COC1=C2CN3CCC4CC5OCOC5CC4C3CC2=CC[C@@H]1OC. The Morgan fingerprint density at radius 2 is 2.00 bits per heavy atom. The Hall–Kier alpha value is -0.880. The van der Waals surface area contributed by atoms with Crippen molar-refractivity contribution in [3.8, 4) is 0 Å². The molecule has 0 bridgehead atoms. The minimum atomic E-state index is 0.0808. The third kappa shape index (κ3) is 2.59. The molecule has 5 aliphatic rings. The van der Waals surface area contributed by atoms with Gasteiger partial charge in [-0.15, -0.1) is 0 Å². The van der Waals surface area contributed by atoms with E-state index in [0.29, 0.717) is 25.0 Å². The second-order valence-electron chi connectivity index (χ2n) is 8.19. The van der Waals surface area contributed by atoms with Gasteiger partial charge in [-0.2, -0.15) is 0 Å². The fraction of sp³-hybridized carbons (Fsp3) is 0.800. The number of methoxy groups -OCH3 is 2. The molecule has 5 unspecified atom stereocenters. The molecule has 3 heterocycles. The van der Waals surface area contributed by atoms with Crippen molar-refractivity contribution < 1.29 is 18.9 Å². The number of piperidine rings is 2. The lowest BCUT2D eigenvalue weighted by atomic mass is 9.66. The van der Waals surface area contributed by atoms with Gasteiger partial charge in [0, 0.05) is 25.3 Å². The Bertz CT molecular complexity index is 601. The molecule has 6 atom stereocenters. The van der Waals surface area contributed by atoms with Crippen LogP contribution in [0.3, 0.4) is 0 Å². The van der Waals surface area contributed by atoms with Crippen LogP contribution < -0.4 is 0 Å². The lowest BCUT2D eigenvalue weighted by molar-refractivity contribution is -0.0364. The molecule has 5 nitrogen and oxygen atoms in total. The van der Waals surface area contributed by atoms with Crippen LogP contribution in [0.1, 0.15) is 32.1 Å². The molecule has 5 rings (SSSR count). The first kappa shape index (κ1) is 16.3. The fourth-order valence-electron chi connectivity index (χ4n) is 5.95. The van der Waals surface area contributed by atoms with Crippen LogP contribution in [0.15, 0.2) is 23.0 Å². The minimum absolute atomic E-state index is 0.0808. The molecule has 3 saturated heterocycles. The van der Waals surface area contributed by atoms with Crippen LogP contribution in [0.25, 0.3) is 0 Å². The topological polar surface area (TPSA) is 40.2 Å². The quantitative estimate of drug-likeness (QED) is 0.767. The van der Waals surface area contributed by atoms with E-state index in [1.165, 1.54) is 37.0 Å². The maximum absolute atomic E-state index is 5.85. The highest BCUT2D eigenvalue weighted by molar-refractivity contribution is 5.42. The lowest BCUT2D eigenvalue weighted by Gasteiger charge is -2.53. The zero-order valence-electron chi connectivity index (χ0n) is 15.3. The first-order valence-electron chi connectivity index (χ1n) is 9.75. The van der Waals surface area contributed by atoms with Crippen LogP contribution in [0.2, 0.25) is 0 Å². The summed E-state index contributed by atoms with van der Waals surface area (Å²) < 4.78 is 23.0. The van der Waals surface area contributed by atoms with Gasteiger partial charge in [0.25, 0.3) is 0 Å². The molecule has 0 aromatic rings. The Morgan fingerprint density at radius 1 is 1.16 bits per heavy atom. The maximum Gasteiger partial charge on any atom is 0.147 e. The summed E-state index contributed by atoms with van der Waals surface area (Å²) in [5.74, 6) is 2.59. The standard InChI is InChI=1S/C20H29NO4/c1-22-17-4-3-12-7-16-14-9-19-18(24-11-25-19)8-13(14)5-6-21(16)10-15(12)20(17)23-2/h3,13-14,16-19H,4-11H2,1-2H3/t13?,14?,16?,17-,18?,19?/m0/s1. The van der Waals surface area contributed by atoms with E-state index < -0.39 is 0 Å². The van der Waals surface area contributed by atoms with Gasteiger partial charge in [-0.05, 0) is 56.1 Å². The van der Waals surface area contributed by atoms with Crippen molar-refractivity contribution in [1.29, 1.82) is 0 Å². The zero-order valence-corrected chi connectivity index (χ0v) is 15.3. The van der Waals surface area contributed by atoms with Gasteiger partial charge in [0.15, 0.2) is 0 Å². The number of ether oxygens (including phenoxy) is 4. The van der Waals surface area contributed by atoms with Crippen molar-refractivity contribution in [2.45, 2.75) is 56.5 Å². The van der Waals surface area contributed by atoms with Crippen molar-refractivity contribution in [2.24, 2.45) is 11.8 Å². The number of hydrogen-bond acceptors (Lipinski definition) is 5. The first-order valence-corrected chi connectivity index (χ1v) is 9.75. The smallest absolute Gasteiger partial charge is 0.147 e. The number of fused-ring (bicyclic) bond motifs is 5. The van der Waals surface area contributed by atoms with Crippen molar-refractivity contribution >= 4 is 0 Å². The van der Waals surface area contributed by atoms with Gasteiger partial charge in [-0.1, -0.05) is 6.08 Å². The first-order chi connectivity index (χ1) is 12.3. The molecule has 25 heavy (non-hydrogen) atoms. The molecule has 0 aromatic carbocycles. The summed E-state index contributed by atoms with van der Waals surface area (Å²) in [7, 11) is 3.57. The lowest BCUT2D eigenvalue weighted by Crippen LogP contribution is -2.56. The molecule has 5 heteroatoms. The van der Waals surface area contributed by atoms with E-state index in [9.17, 15) is 0 Å². The molecule has 138 valence electrons. The Kier molecular flexibility index (Phi) is 4.16. The van der Waals surface area contributed by atoms with E-state index in [0.717, 1.165) is 37.0 Å². The largest absolute Gasteiger partial charge is 0.498 e. The molecule has 0 N–H and O–H groups in total. The van der Waals surface area contributed by atoms with Gasteiger partial charge in [-0.3, -0.25) is 4.90 Å². The van der Waals surface area contributed by atoms with Crippen molar-refractivity contribution in [3.05, 3.63) is 23.0 Å². The molecule has 0 aromatic heterocycles. The molecule has 4 fully saturated rings. The van der Waals surface area contributed by atoms with E-state index in [4.69, 9.17) is 18.9 Å². The predicted molar refractivity (Wildman–Crippen MR) is 93.0 cm³/mol. The van der Waals surface area contributed by atoms with E-state index >= 15 is 0 Å². The molecule has 0 spiro atoms. The summed E-state index contributed by atoms with van der Waals surface area (Å²) in [4.78, 5) is 2.70. The average Bonchev–Trinajstić information content (AvgIpc) is 3.11. The second kappa shape index (κ2) is 6.38. The van der Waals surface area contributed by atoms with Crippen LogP contribution in [0.4, 0.5) is 0 Å². The minimum Gasteiger partial charge on any atom is -0.498 e. The molecule has 3 aliphatic heterocycles. The highest BCUT2D eigenvalue weighted by atomic mass is 16.7. The third-order valence-electron chi connectivity index (χ3n) is 7.22. The number of hydrogen-bond donors (Lipinski definition) is 0. The highest BCUT2D eigenvalue weighted by Crippen LogP contribution is 2.48. The van der Waals surface area contributed by atoms with E-state index in [1.807, 2.05) is 0 Å². The molecule has 0 amide bonds. The highest BCUT2D eigenvalue weighted by Gasteiger charge is 2.49. The van der Waals surface area contributed by atoms with Crippen LogP contribution >= 0.6 is 0 Å². The summed E-state index contributed by atoms with van der Waals surface area (Å²) in [6.45, 7) is 2.69. The van der Waals surface area contributed by atoms with Gasteiger partial charge >= 0.3 is 0 Å². The Balaban J connectivity index is 1.40. The maximum atomic E-state index is 5.85. The summed E-state index contributed by atoms with van der Waals surface area (Å²) in [6.07, 6.45) is 8.88. The van der Waals surface area contributed by atoms with Crippen LogP contribution in [-0.2, 0) is 18.9 Å². The van der Waals surface area contributed by atoms with Crippen molar-refractivity contribution in [2.75, 3.05) is 34.1 Å². The monoisotopic (exact) mass is 347 g/mol. The summed E-state index contributed by atoms with van der Waals surface area (Å²) in [5.41, 5.74) is 2.88. The molecular formula is C20H29NO4. The number of rotatable bonds is 2. The second-order valence-corrected chi connectivity index (χ2v) is 8.19. The van der Waals surface area contributed by atoms with Gasteiger partial charge in [0.1, 0.15) is 18.7 Å². The van der Waals surface area contributed by atoms with Gasteiger partial charge in [-0.25, -0.2) is 0 Å². The van der Waals surface area contributed by atoms with Crippen LogP contribution in [0, 0.1) is 11.8 Å². The zero-order chi connectivity index (χ0) is 17.0. The van der Waals surface area contributed by atoms with Gasteiger partial charge in [0.2, 0.25) is 0 Å². The average molecular weight is 347 g/mol. The summed E-state index contributed by atoms with van der Waals surface area (Å²) in [6, 6.07) is 0.649. The van der Waals surface area contributed by atoms with E-state index in [2.05, 4.69) is 11.0 Å². The van der Waals surface area contributed by atoms with Crippen LogP contribution in [0.5, 0.6) is 0 Å². The third-order valence-corrected chi connectivity index (χ3v) is 7.22. The van der Waals surface area contributed by atoms with Gasteiger partial charge < -0.3 is 18.9 Å². The van der Waals surface area contributed by atoms with Crippen molar-refractivity contribution in [3.63, 3.8) is 0 Å². The summed E-state index contributed by atoms with van der Waals surface area (Å²) in [5, 5.41) is 0. The number of nitrogens with zero attached hydrogens (tertiary/aromatic N) is 1. The molecule has 1 saturated carbocycles. The normalized spacial score (nSPS) is 43.7.